The Balaban J connectivity index is 0.00000243. The predicted molar refractivity (Wildman–Crippen MR) is 118 cm³/mol. The maximum absolute atomic E-state index is 6.07. The molecule has 6 heteroatoms. The Morgan fingerprint density at radius 3 is 2.77 bits per heavy atom. The number of fused-ring (bicyclic) bond motifs is 1. The molecule has 0 amide bonds. The number of aliphatic imine (C=N–C) groups is 1. The Bertz CT molecular complexity index is 554. The van der Waals surface area contributed by atoms with Crippen LogP contribution < -0.4 is 5.32 Å². The van der Waals surface area contributed by atoms with Gasteiger partial charge in [-0.2, -0.15) is 0 Å². The Labute approximate surface area is 175 Å². The van der Waals surface area contributed by atoms with E-state index < -0.39 is 0 Å². The topological polar surface area (TPSA) is 40.1 Å². The first-order valence-corrected chi connectivity index (χ1v) is 9.67. The number of likely N-dealkylation sites (tertiary alicyclic amines) is 1. The fraction of sp³-hybridized carbons (Fsp3) is 0.650. The molecule has 26 heavy (non-hydrogen) atoms. The van der Waals surface area contributed by atoms with Crippen LogP contribution in [0.3, 0.4) is 0 Å². The molecule has 0 saturated carbocycles. The first-order chi connectivity index (χ1) is 12.3. The largest absolute Gasteiger partial charge is 0.373 e. The summed E-state index contributed by atoms with van der Waals surface area (Å²) in [5, 5.41) is 3.52. The summed E-state index contributed by atoms with van der Waals surface area (Å²) in [4.78, 5) is 9.43. The van der Waals surface area contributed by atoms with Crippen molar-refractivity contribution in [1.29, 1.82) is 0 Å². The summed E-state index contributed by atoms with van der Waals surface area (Å²) in [6.45, 7) is 7.99. The van der Waals surface area contributed by atoms with Gasteiger partial charge >= 0.3 is 0 Å². The molecule has 0 radical (unpaired) electrons. The van der Waals surface area contributed by atoms with E-state index in [-0.39, 0.29) is 30.1 Å². The summed E-state index contributed by atoms with van der Waals surface area (Å²) in [6, 6.07) is 11.2. The third-order valence-corrected chi connectivity index (χ3v) is 5.22. The highest BCUT2D eigenvalue weighted by molar-refractivity contribution is 14.0. The van der Waals surface area contributed by atoms with Crippen molar-refractivity contribution < 1.29 is 4.74 Å². The molecule has 0 aromatic heterocycles. The second-order valence-electron chi connectivity index (χ2n) is 7.02. The molecule has 0 bridgehead atoms. The van der Waals surface area contributed by atoms with Crippen LogP contribution in [0.15, 0.2) is 35.3 Å². The number of ether oxygens (including phenoxy) is 1. The molecule has 2 aliphatic rings. The van der Waals surface area contributed by atoms with E-state index in [9.17, 15) is 0 Å². The number of morpholine rings is 1. The van der Waals surface area contributed by atoms with Crippen molar-refractivity contribution in [2.24, 2.45) is 4.99 Å². The first kappa shape index (κ1) is 21.4. The number of halogens is 1. The van der Waals surface area contributed by atoms with Crippen LogP contribution in [0.2, 0.25) is 0 Å². The second-order valence-corrected chi connectivity index (χ2v) is 7.02. The average molecular weight is 472 g/mol. The van der Waals surface area contributed by atoms with Gasteiger partial charge in [0.1, 0.15) is 0 Å². The fourth-order valence-electron chi connectivity index (χ4n) is 3.85. The van der Waals surface area contributed by atoms with Crippen molar-refractivity contribution in [2.75, 3.05) is 39.8 Å². The number of hydrogen-bond donors (Lipinski definition) is 1. The van der Waals surface area contributed by atoms with Gasteiger partial charge in [0.15, 0.2) is 5.96 Å². The molecule has 2 saturated heterocycles. The maximum atomic E-state index is 6.07. The number of nitrogens with zero attached hydrogens (tertiary/aromatic N) is 3. The quantitative estimate of drug-likeness (QED) is 0.299. The number of guanidine groups is 1. The second kappa shape index (κ2) is 11.1. The van der Waals surface area contributed by atoms with Crippen LogP contribution in [0.5, 0.6) is 0 Å². The van der Waals surface area contributed by atoms with Crippen LogP contribution in [0.4, 0.5) is 0 Å². The Morgan fingerprint density at radius 1 is 1.23 bits per heavy atom. The zero-order chi connectivity index (χ0) is 17.5. The highest BCUT2D eigenvalue weighted by atomic mass is 127. The molecule has 2 aliphatic heterocycles. The molecule has 2 fully saturated rings. The third-order valence-electron chi connectivity index (χ3n) is 5.22. The van der Waals surface area contributed by atoms with Gasteiger partial charge in [-0.05, 0) is 12.0 Å². The highest BCUT2D eigenvalue weighted by Gasteiger charge is 2.41. The van der Waals surface area contributed by atoms with Crippen molar-refractivity contribution >= 4 is 29.9 Å². The van der Waals surface area contributed by atoms with Gasteiger partial charge < -0.3 is 15.0 Å². The SMILES string of the molecule is CCCCCNC(=NC)N1CC2OCCN(Cc3ccccc3)C2C1.I. The van der Waals surface area contributed by atoms with Gasteiger partial charge in [-0.3, -0.25) is 9.89 Å². The molecule has 2 atom stereocenters. The van der Waals surface area contributed by atoms with Crippen molar-refractivity contribution in [3.05, 3.63) is 35.9 Å². The molecule has 1 aromatic rings. The van der Waals surface area contributed by atoms with E-state index in [1.807, 2.05) is 7.05 Å². The summed E-state index contributed by atoms with van der Waals surface area (Å²) >= 11 is 0. The lowest BCUT2D eigenvalue weighted by Crippen LogP contribution is -2.50. The molecule has 2 unspecified atom stereocenters. The number of unbranched alkanes of at least 4 members (excludes halogenated alkanes) is 2. The van der Waals surface area contributed by atoms with E-state index in [2.05, 4.69) is 57.4 Å². The molecular weight excluding hydrogens is 439 g/mol. The van der Waals surface area contributed by atoms with Crippen LogP contribution >= 0.6 is 24.0 Å². The van der Waals surface area contributed by atoms with Gasteiger partial charge in [0.05, 0.1) is 18.8 Å². The van der Waals surface area contributed by atoms with E-state index in [0.717, 1.165) is 45.3 Å². The summed E-state index contributed by atoms with van der Waals surface area (Å²) < 4.78 is 6.07. The van der Waals surface area contributed by atoms with Crippen molar-refractivity contribution in [3.8, 4) is 0 Å². The van der Waals surface area contributed by atoms with Crippen LogP contribution in [0.25, 0.3) is 0 Å². The van der Waals surface area contributed by atoms with Crippen molar-refractivity contribution in [3.63, 3.8) is 0 Å². The predicted octanol–water partition coefficient (Wildman–Crippen LogP) is 2.96. The van der Waals surface area contributed by atoms with Crippen molar-refractivity contribution in [1.82, 2.24) is 15.1 Å². The van der Waals surface area contributed by atoms with Gasteiger partial charge in [-0.25, -0.2) is 0 Å². The van der Waals surface area contributed by atoms with Crippen LogP contribution in [0.1, 0.15) is 31.7 Å². The lowest BCUT2D eigenvalue weighted by atomic mass is 10.1. The summed E-state index contributed by atoms with van der Waals surface area (Å²) in [6.07, 6.45) is 4.00. The van der Waals surface area contributed by atoms with E-state index in [0.29, 0.717) is 6.04 Å². The minimum atomic E-state index is 0. The first-order valence-electron chi connectivity index (χ1n) is 9.67. The Kier molecular flexibility index (Phi) is 9.15. The van der Waals surface area contributed by atoms with Gasteiger partial charge in [0.25, 0.3) is 0 Å². The van der Waals surface area contributed by atoms with Gasteiger partial charge in [-0.15, -0.1) is 24.0 Å². The highest BCUT2D eigenvalue weighted by Crippen LogP contribution is 2.24. The van der Waals surface area contributed by atoms with Gasteiger partial charge in [0, 0.05) is 39.8 Å². The van der Waals surface area contributed by atoms with Gasteiger partial charge in [-0.1, -0.05) is 50.1 Å². The summed E-state index contributed by atoms with van der Waals surface area (Å²) in [5.74, 6) is 1.02. The van der Waals surface area contributed by atoms with Gasteiger partial charge in [0.2, 0.25) is 0 Å². The van der Waals surface area contributed by atoms with E-state index in [1.165, 1.54) is 24.8 Å². The lowest BCUT2D eigenvalue weighted by molar-refractivity contribution is -0.0502. The molecule has 2 heterocycles. The van der Waals surface area contributed by atoms with Crippen LogP contribution in [0, 0.1) is 0 Å². The number of benzene rings is 1. The fourth-order valence-corrected chi connectivity index (χ4v) is 3.85. The number of rotatable bonds is 6. The monoisotopic (exact) mass is 472 g/mol. The minimum absolute atomic E-state index is 0. The Morgan fingerprint density at radius 2 is 2.04 bits per heavy atom. The molecular formula is C20H33IN4O. The van der Waals surface area contributed by atoms with Crippen molar-refractivity contribution in [2.45, 2.75) is 44.9 Å². The molecule has 0 aliphatic carbocycles. The molecule has 5 nitrogen and oxygen atoms in total. The molecule has 3 rings (SSSR count). The summed E-state index contributed by atoms with van der Waals surface area (Å²) in [7, 11) is 1.88. The minimum Gasteiger partial charge on any atom is -0.373 e. The van der Waals surface area contributed by atoms with Crippen LogP contribution in [-0.4, -0.2) is 67.7 Å². The average Bonchev–Trinajstić information content (AvgIpc) is 3.08. The van der Waals surface area contributed by atoms with E-state index >= 15 is 0 Å². The standard InChI is InChI=1S/C20H32N4O.HI/c1-3-4-8-11-22-20(21-2)24-15-18-19(16-24)25-13-12-23(18)14-17-9-6-5-7-10-17;/h5-7,9-10,18-19H,3-4,8,11-16H2,1-2H3,(H,21,22);1H. The molecule has 1 aromatic carbocycles. The normalized spacial score (nSPS) is 23.5. The van der Waals surface area contributed by atoms with E-state index in [4.69, 9.17) is 4.74 Å². The maximum Gasteiger partial charge on any atom is 0.193 e. The number of hydrogen-bond acceptors (Lipinski definition) is 3. The molecule has 0 spiro atoms. The third kappa shape index (κ3) is 5.57. The molecule has 1 N–H and O–H groups in total. The lowest BCUT2D eigenvalue weighted by Gasteiger charge is -2.36. The zero-order valence-electron chi connectivity index (χ0n) is 16.1. The zero-order valence-corrected chi connectivity index (χ0v) is 18.4. The van der Waals surface area contributed by atoms with Crippen LogP contribution in [-0.2, 0) is 11.3 Å². The number of nitrogens with one attached hydrogen (secondary N) is 1. The van der Waals surface area contributed by atoms with E-state index in [1.54, 1.807) is 0 Å². The summed E-state index contributed by atoms with van der Waals surface area (Å²) in [5.41, 5.74) is 1.38. The molecule has 146 valence electrons. The Hall–Kier alpha value is -0.860. The smallest absolute Gasteiger partial charge is 0.193 e.